The molecule has 3 heteroatoms. The van der Waals surface area contributed by atoms with Crippen LogP contribution in [0.25, 0.3) is 0 Å². The number of hydrogen-bond acceptors (Lipinski definition) is 2. The molecule has 0 aliphatic carbocycles. The first-order valence-corrected chi connectivity index (χ1v) is 11.9. The van der Waals surface area contributed by atoms with Gasteiger partial charge in [-0.3, -0.25) is 0 Å². The van der Waals surface area contributed by atoms with Crippen molar-refractivity contribution in [3.05, 3.63) is 24.8 Å². The number of rotatable bonds is 9. The number of aliphatic hydroxyl groups is 1. The zero-order valence-electron chi connectivity index (χ0n) is 16.9. The van der Waals surface area contributed by atoms with E-state index in [0.717, 1.165) is 0 Å². The Hall–Kier alpha value is -0.383. The third-order valence-electron chi connectivity index (χ3n) is 5.34. The van der Waals surface area contributed by atoms with Gasteiger partial charge in [-0.1, -0.05) is 66.7 Å². The normalized spacial score (nSPS) is 18.9. The summed E-state index contributed by atoms with van der Waals surface area (Å²) < 4.78 is 6.46. The summed E-state index contributed by atoms with van der Waals surface area (Å²) in [6.45, 7) is 23.7. The maximum atomic E-state index is 10.8. The largest absolute Gasteiger partial charge is 0.411 e. The van der Waals surface area contributed by atoms with Gasteiger partial charge in [-0.05, 0) is 36.4 Å². The lowest BCUT2D eigenvalue weighted by atomic mass is 9.93. The third kappa shape index (κ3) is 7.36. The minimum Gasteiger partial charge on any atom is -0.411 e. The van der Waals surface area contributed by atoms with Crippen molar-refractivity contribution in [1.29, 1.82) is 0 Å². The van der Waals surface area contributed by atoms with Gasteiger partial charge in [0.25, 0.3) is 0 Å². The van der Waals surface area contributed by atoms with Crippen LogP contribution in [0, 0.1) is 17.8 Å². The molecule has 0 spiro atoms. The summed E-state index contributed by atoms with van der Waals surface area (Å²) >= 11 is 0. The second-order valence-electron chi connectivity index (χ2n) is 8.78. The van der Waals surface area contributed by atoms with Gasteiger partial charge < -0.3 is 9.53 Å². The summed E-state index contributed by atoms with van der Waals surface area (Å²) in [4.78, 5) is 0. The first kappa shape index (κ1) is 22.6. The summed E-state index contributed by atoms with van der Waals surface area (Å²) in [7, 11) is -1.91. The zero-order chi connectivity index (χ0) is 18.4. The summed E-state index contributed by atoms with van der Waals surface area (Å²) in [6, 6.07) is 0. The molecule has 0 radical (unpaired) electrons. The number of aliphatic hydroxyl groups excluding tert-OH is 1. The van der Waals surface area contributed by atoms with Crippen molar-refractivity contribution < 1.29 is 9.53 Å². The highest BCUT2D eigenvalue weighted by Gasteiger charge is 2.40. The number of allylic oxidation sites excluding steroid dienone is 1. The van der Waals surface area contributed by atoms with Crippen LogP contribution in [0.15, 0.2) is 24.8 Å². The lowest BCUT2D eigenvalue weighted by molar-refractivity contribution is 0.00806. The van der Waals surface area contributed by atoms with Crippen LogP contribution in [-0.2, 0) is 4.43 Å². The minimum atomic E-state index is -1.91. The fourth-order valence-corrected chi connectivity index (χ4v) is 3.35. The average molecular weight is 341 g/mol. The Kier molecular flexibility index (Phi) is 9.04. The molecule has 0 saturated carbocycles. The van der Waals surface area contributed by atoms with Crippen LogP contribution < -0.4 is 0 Å². The molecule has 1 N–H and O–H groups in total. The molecule has 0 aromatic rings. The van der Waals surface area contributed by atoms with Gasteiger partial charge in [-0.15, -0.1) is 6.58 Å². The second kappa shape index (κ2) is 9.19. The Morgan fingerprint density at radius 1 is 1.04 bits per heavy atom. The van der Waals surface area contributed by atoms with Crippen LogP contribution in [0.3, 0.4) is 0 Å². The summed E-state index contributed by atoms with van der Waals surface area (Å²) in [5, 5.41) is 10.9. The SMILES string of the molecule is C=CC[C@H](O[Si](C)(C)C(C)(C)C)[C@@H](O)[C@H](C)/C=C\[C@@H](C)C(C)C. The summed E-state index contributed by atoms with van der Waals surface area (Å²) in [6.07, 6.45) is 6.22. The van der Waals surface area contributed by atoms with E-state index in [0.29, 0.717) is 18.3 Å². The fraction of sp³-hybridized carbons (Fsp3) is 0.800. The standard InChI is InChI=1S/C20H40O2Si/c1-11-12-18(22-23(9,10)20(6,7)8)19(21)17(5)14-13-16(4)15(2)3/h11,13-19,21H,1,12H2,2-10H3/b14-13-/t16-,17-,18+,19+/m1/s1. The van der Waals surface area contributed by atoms with E-state index in [1.165, 1.54) is 0 Å². The molecule has 0 fully saturated rings. The van der Waals surface area contributed by atoms with Gasteiger partial charge in [0.05, 0.1) is 12.2 Å². The molecule has 0 rings (SSSR count). The van der Waals surface area contributed by atoms with Gasteiger partial charge in [-0.2, -0.15) is 0 Å². The molecular formula is C20H40O2Si. The molecule has 136 valence electrons. The van der Waals surface area contributed by atoms with E-state index in [2.05, 4.69) is 80.3 Å². The highest BCUT2D eigenvalue weighted by Crippen LogP contribution is 2.38. The fourth-order valence-electron chi connectivity index (χ4n) is 2.00. The third-order valence-corrected chi connectivity index (χ3v) is 9.84. The smallest absolute Gasteiger partial charge is 0.192 e. The first-order chi connectivity index (χ1) is 10.3. The van der Waals surface area contributed by atoms with Gasteiger partial charge in [0.2, 0.25) is 0 Å². The van der Waals surface area contributed by atoms with Crippen molar-refractivity contribution >= 4 is 8.32 Å². The maximum Gasteiger partial charge on any atom is 0.192 e. The van der Waals surface area contributed by atoms with Crippen LogP contribution in [0.4, 0.5) is 0 Å². The van der Waals surface area contributed by atoms with E-state index in [-0.39, 0.29) is 17.1 Å². The van der Waals surface area contributed by atoms with Gasteiger partial charge in [0.15, 0.2) is 8.32 Å². The minimum absolute atomic E-state index is 0.0749. The summed E-state index contributed by atoms with van der Waals surface area (Å²) in [5.74, 6) is 1.21. The Bertz CT molecular complexity index is 380. The zero-order valence-corrected chi connectivity index (χ0v) is 17.9. The molecule has 4 atom stereocenters. The van der Waals surface area contributed by atoms with E-state index in [4.69, 9.17) is 4.43 Å². The molecule has 2 nitrogen and oxygen atoms in total. The molecule has 0 aromatic heterocycles. The van der Waals surface area contributed by atoms with Gasteiger partial charge in [0, 0.05) is 5.92 Å². The predicted octanol–water partition coefficient (Wildman–Crippen LogP) is 5.80. The van der Waals surface area contributed by atoms with Crippen LogP contribution in [0.2, 0.25) is 18.1 Å². The lowest BCUT2D eigenvalue weighted by Gasteiger charge is -2.41. The van der Waals surface area contributed by atoms with Crippen molar-refractivity contribution in [2.24, 2.45) is 17.8 Å². The van der Waals surface area contributed by atoms with E-state index in [1.54, 1.807) is 0 Å². The Morgan fingerprint density at radius 3 is 1.91 bits per heavy atom. The van der Waals surface area contributed by atoms with E-state index >= 15 is 0 Å². The molecule has 0 aromatic carbocycles. The molecule has 0 aliphatic heterocycles. The monoisotopic (exact) mass is 340 g/mol. The van der Waals surface area contributed by atoms with Crippen molar-refractivity contribution in [3.63, 3.8) is 0 Å². The van der Waals surface area contributed by atoms with Gasteiger partial charge in [-0.25, -0.2) is 0 Å². The molecule has 0 heterocycles. The molecule has 0 amide bonds. The quantitative estimate of drug-likeness (QED) is 0.424. The highest BCUT2D eigenvalue weighted by molar-refractivity contribution is 6.74. The number of hydrogen-bond donors (Lipinski definition) is 1. The molecule has 23 heavy (non-hydrogen) atoms. The molecular weight excluding hydrogens is 300 g/mol. The molecule has 0 aliphatic rings. The summed E-state index contributed by atoms with van der Waals surface area (Å²) in [5.41, 5.74) is 0. The van der Waals surface area contributed by atoms with Crippen molar-refractivity contribution in [3.8, 4) is 0 Å². The van der Waals surface area contributed by atoms with Crippen LogP contribution >= 0.6 is 0 Å². The molecule has 0 bridgehead atoms. The maximum absolute atomic E-state index is 10.8. The topological polar surface area (TPSA) is 29.5 Å². The molecule has 0 saturated heterocycles. The van der Waals surface area contributed by atoms with Gasteiger partial charge in [0.1, 0.15) is 0 Å². The first-order valence-electron chi connectivity index (χ1n) is 8.98. The molecule has 0 unspecified atom stereocenters. The van der Waals surface area contributed by atoms with Crippen molar-refractivity contribution in [2.45, 2.75) is 85.2 Å². The second-order valence-corrected chi connectivity index (χ2v) is 13.5. The van der Waals surface area contributed by atoms with E-state index in [1.807, 2.05) is 6.08 Å². The van der Waals surface area contributed by atoms with Crippen molar-refractivity contribution in [2.75, 3.05) is 0 Å². The van der Waals surface area contributed by atoms with Crippen LogP contribution in [0.5, 0.6) is 0 Å². The average Bonchev–Trinajstić information content (AvgIpc) is 2.41. The Labute approximate surface area is 146 Å². The van der Waals surface area contributed by atoms with E-state index < -0.39 is 14.4 Å². The van der Waals surface area contributed by atoms with Crippen molar-refractivity contribution in [1.82, 2.24) is 0 Å². The van der Waals surface area contributed by atoms with Crippen LogP contribution in [-0.4, -0.2) is 25.6 Å². The Balaban J connectivity index is 5.05. The lowest BCUT2D eigenvalue weighted by Crippen LogP contribution is -2.48. The highest BCUT2D eigenvalue weighted by atomic mass is 28.4. The van der Waals surface area contributed by atoms with E-state index in [9.17, 15) is 5.11 Å². The predicted molar refractivity (Wildman–Crippen MR) is 105 cm³/mol. The van der Waals surface area contributed by atoms with Gasteiger partial charge >= 0.3 is 0 Å². The van der Waals surface area contributed by atoms with Crippen LogP contribution in [0.1, 0.15) is 54.9 Å². The Morgan fingerprint density at radius 2 is 1.52 bits per heavy atom.